The Hall–Kier alpha value is -3.16. The van der Waals surface area contributed by atoms with E-state index >= 15 is 0 Å². The Balaban J connectivity index is 1.55. The largest absolute Gasteiger partial charge is 0.416 e. The average molecular weight is 400 g/mol. The van der Waals surface area contributed by atoms with Gasteiger partial charge in [0.05, 0.1) is 11.1 Å². The van der Waals surface area contributed by atoms with Crippen molar-refractivity contribution in [2.45, 2.75) is 25.1 Å². The minimum Gasteiger partial charge on any atom is -0.369 e. The second kappa shape index (κ2) is 7.69. The van der Waals surface area contributed by atoms with Gasteiger partial charge in [-0.05, 0) is 43.2 Å². The van der Waals surface area contributed by atoms with E-state index in [4.69, 9.17) is 0 Å². The summed E-state index contributed by atoms with van der Waals surface area (Å²) in [6.07, 6.45) is 1.97. The van der Waals surface area contributed by atoms with Crippen LogP contribution in [0.4, 0.5) is 18.9 Å². The Morgan fingerprint density at radius 2 is 1.90 bits per heavy atom. The van der Waals surface area contributed by atoms with E-state index in [2.05, 4.69) is 20.2 Å². The number of hydrogen-bond acceptors (Lipinski definition) is 4. The molecule has 3 aromatic rings. The number of anilines is 1. The summed E-state index contributed by atoms with van der Waals surface area (Å²) >= 11 is 0. The van der Waals surface area contributed by atoms with Crippen molar-refractivity contribution in [2.75, 3.05) is 18.0 Å². The van der Waals surface area contributed by atoms with Crippen molar-refractivity contribution >= 4 is 22.5 Å². The minimum absolute atomic E-state index is 0.0536. The SMILES string of the molecule is O=C(NC1CCCN(c2ccnc3cc(C(F)(F)F)ccc23)C1)c1ccncc1. The van der Waals surface area contributed by atoms with E-state index in [1.54, 1.807) is 24.5 Å². The molecule has 0 spiro atoms. The summed E-state index contributed by atoms with van der Waals surface area (Å²) < 4.78 is 39.0. The maximum absolute atomic E-state index is 13.0. The molecule has 1 aliphatic heterocycles. The first kappa shape index (κ1) is 19.2. The summed E-state index contributed by atoms with van der Waals surface area (Å²) in [5.41, 5.74) is 0.966. The molecule has 2 aromatic heterocycles. The van der Waals surface area contributed by atoms with Gasteiger partial charge in [-0.15, -0.1) is 0 Å². The lowest BCUT2D eigenvalue weighted by molar-refractivity contribution is -0.137. The number of carbonyl (C=O) groups is 1. The topological polar surface area (TPSA) is 58.1 Å². The zero-order valence-electron chi connectivity index (χ0n) is 15.5. The van der Waals surface area contributed by atoms with Crippen LogP contribution in [0.1, 0.15) is 28.8 Å². The van der Waals surface area contributed by atoms with Crippen molar-refractivity contribution in [2.24, 2.45) is 0 Å². The van der Waals surface area contributed by atoms with Crippen LogP contribution in [-0.2, 0) is 6.18 Å². The van der Waals surface area contributed by atoms with Crippen LogP contribution in [0.15, 0.2) is 55.0 Å². The number of benzene rings is 1. The van der Waals surface area contributed by atoms with Crippen molar-refractivity contribution in [3.8, 4) is 0 Å². The van der Waals surface area contributed by atoms with Gasteiger partial charge >= 0.3 is 6.18 Å². The van der Waals surface area contributed by atoms with Crippen molar-refractivity contribution < 1.29 is 18.0 Å². The van der Waals surface area contributed by atoms with E-state index in [0.717, 1.165) is 37.2 Å². The Kier molecular flexibility index (Phi) is 5.08. The van der Waals surface area contributed by atoms with Gasteiger partial charge in [-0.3, -0.25) is 14.8 Å². The molecule has 0 bridgehead atoms. The zero-order valence-corrected chi connectivity index (χ0v) is 15.5. The van der Waals surface area contributed by atoms with Gasteiger partial charge in [0.15, 0.2) is 0 Å². The van der Waals surface area contributed by atoms with Crippen molar-refractivity contribution in [1.29, 1.82) is 0 Å². The number of pyridine rings is 2. The van der Waals surface area contributed by atoms with Crippen LogP contribution in [0.3, 0.4) is 0 Å². The highest BCUT2D eigenvalue weighted by Gasteiger charge is 2.31. The van der Waals surface area contributed by atoms with E-state index in [1.807, 2.05) is 6.07 Å². The van der Waals surface area contributed by atoms with Gasteiger partial charge < -0.3 is 10.2 Å². The number of carbonyl (C=O) groups excluding carboxylic acids is 1. The lowest BCUT2D eigenvalue weighted by Crippen LogP contribution is -2.47. The number of nitrogens with one attached hydrogen (secondary N) is 1. The van der Waals surface area contributed by atoms with Crippen LogP contribution in [0.5, 0.6) is 0 Å². The smallest absolute Gasteiger partial charge is 0.369 e. The molecule has 1 amide bonds. The van der Waals surface area contributed by atoms with E-state index in [9.17, 15) is 18.0 Å². The van der Waals surface area contributed by atoms with E-state index in [1.165, 1.54) is 12.3 Å². The third-order valence-corrected chi connectivity index (χ3v) is 5.09. The van der Waals surface area contributed by atoms with E-state index in [0.29, 0.717) is 23.0 Å². The van der Waals surface area contributed by atoms with Gasteiger partial charge in [-0.25, -0.2) is 0 Å². The number of nitrogens with zero attached hydrogens (tertiary/aromatic N) is 3. The summed E-state index contributed by atoms with van der Waals surface area (Å²) in [5, 5.41) is 3.71. The summed E-state index contributed by atoms with van der Waals surface area (Å²) in [5.74, 6) is -0.159. The van der Waals surface area contributed by atoms with Gasteiger partial charge in [-0.1, -0.05) is 6.07 Å². The Morgan fingerprint density at radius 3 is 2.66 bits per heavy atom. The zero-order chi connectivity index (χ0) is 20.4. The third kappa shape index (κ3) is 4.16. The van der Waals surface area contributed by atoms with Crippen LogP contribution >= 0.6 is 0 Å². The summed E-state index contributed by atoms with van der Waals surface area (Å²) in [6, 6.07) is 8.70. The molecule has 0 saturated carbocycles. The van der Waals surface area contributed by atoms with E-state index < -0.39 is 11.7 Å². The number of amides is 1. The molecule has 1 unspecified atom stereocenters. The quantitative estimate of drug-likeness (QED) is 0.721. The van der Waals surface area contributed by atoms with Gasteiger partial charge in [0.2, 0.25) is 0 Å². The third-order valence-electron chi connectivity index (χ3n) is 5.09. The lowest BCUT2D eigenvalue weighted by atomic mass is 10.0. The fraction of sp³-hybridized carbons (Fsp3) is 0.286. The number of halogens is 3. The predicted octanol–water partition coefficient (Wildman–Crippen LogP) is 4.05. The first-order valence-corrected chi connectivity index (χ1v) is 9.33. The second-order valence-electron chi connectivity index (χ2n) is 7.05. The molecule has 4 rings (SSSR count). The number of rotatable bonds is 3. The summed E-state index contributed by atoms with van der Waals surface area (Å²) in [6.45, 7) is 1.35. The van der Waals surface area contributed by atoms with Gasteiger partial charge in [0.1, 0.15) is 0 Å². The molecule has 1 atom stereocenters. The normalized spacial score (nSPS) is 17.3. The number of fused-ring (bicyclic) bond motifs is 1. The molecular weight excluding hydrogens is 381 g/mol. The molecule has 1 saturated heterocycles. The molecule has 1 N–H and O–H groups in total. The minimum atomic E-state index is -4.40. The highest BCUT2D eigenvalue weighted by molar-refractivity contribution is 5.94. The van der Waals surface area contributed by atoms with Crippen LogP contribution < -0.4 is 10.2 Å². The monoisotopic (exact) mass is 400 g/mol. The van der Waals surface area contributed by atoms with Crippen molar-refractivity contribution in [3.63, 3.8) is 0 Å². The average Bonchev–Trinajstić information content (AvgIpc) is 2.73. The Labute approximate surface area is 165 Å². The molecule has 1 aliphatic rings. The molecule has 1 aromatic carbocycles. The molecule has 5 nitrogen and oxygen atoms in total. The maximum atomic E-state index is 13.0. The molecule has 1 fully saturated rings. The number of aromatic nitrogens is 2. The van der Waals surface area contributed by atoms with E-state index in [-0.39, 0.29) is 11.9 Å². The molecule has 3 heterocycles. The fourth-order valence-corrected chi connectivity index (χ4v) is 3.67. The van der Waals surface area contributed by atoms with Crippen molar-refractivity contribution in [3.05, 3.63) is 66.1 Å². The fourth-order valence-electron chi connectivity index (χ4n) is 3.67. The Morgan fingerprint density at radius 1 is 1.10 bits per heavy atom. The second-order valence-corrected chi connectivity index (χ2v) is 7.05. The lowest BCUT2D eigenvalue weighted by Gasteiger charge is -2.35. The van der Waals surface area contributed by atoms with Gasteiger partial charge in [-0.2, -0.15) is 13.2 Å². The highest BCUT2D eigenvalue weighted by atomic mass is 19.4. The highest BCUT2D eigenvalue weighted by Crippen LogP contribution is 2.34. The van der Waals surface area contributed by atoms with Crippen LogP contribution in [0.25, 0.3) is 10.9 Å². The predicted molar refractivity (Wildman–Crippen MR) is 104 cm³/mol. The maximum Gasteiger partial charge on any atom is 0.416 e. The van der Waals surface area contributed by atoms with Crippen LogP contribution in [-0.4, -0.2) is 35.0 Å². The standard InChI is InChI=1S/C21H19F3N4O/c22-21(23,24)15-3-4-17-18(12-15)26-10-7-19(17)28-11-1-2-16(13-28)27-20(29)14-5-8-25-9-6-14/h3-10,12,16H,1-2,11,13H2,(H,27,29). The van der Waals surface area contributed by atoms with Crippen LogP contribution in [0, 0.1) is 0 Å². The molecule has 0 radical (unpaired) electrons. The first-order valence-electron chi connectivity index (χ1n) is 9.33. The van der Waals surface area contributed by atoms with Gasteiger partial charge in [0, 0.05) is 54.4 Å². The molecule has 0 aliphatic carbocycles. The first-order chi connectivity index (χ1) is 13.9. The molecule has 8 heteroatoms. The van der Waals surface area contributed by atoms with Crippen molar-refractivity contribution in [1.82, 2.24) is 15.3 Å². The summed E-state index contributed by atoms with van der Waals surface area (Å²) in [7, 11) is 0. The molecule has 29 heavy (non-hydrogen) atoms. The van der Waals surface area contributed by atoms with Gasteiger partial charge in [0.25, 0.3) is 5.91 Å². The number of hydrogen-bond donors (Lipinski definition) is 1. The van der Waals surface area contributed by atoms with Crippen LogP contribution in [0.2, 0.25) is 0 Å². The summed E-state index contributed by atoms with van der Waals surface area (Å²) in [4.78, 5) is 22.5. The number of piperidine rings is 1. The molecule has 150 valence electrons. The Bertz CT molecular complexity index is 1020. The number of alkyl halides is 3. The molecular formula is C21H19F3N4O.